The summed E-state index contributed by atoms with van der Waals surface area (Å²) in [6, 6.07) is 8.92. The molecular formula is C34H36FeP2. The SMILES string of the molecule is Cc1ccccc1P(C1=C[CH]C=C[C-]1C)[C@H](C)C1=C=C=C=C1P(C(C)(C)C)C(C)(C)C.[C]1=C=C=C=[C-]1.[Fe+2]. The molecule has 0 bridgehead atoms. The summed E-state index contributed by atoms with van der Waals surface area (Å²) >= 11 is 0. The van der Waals surface area contributed by atoms with Crippen molar-refractivity contribution in [2.24, 2.45) is 0 Å². The molecule has 0 N–H and O–H groups in total. The smallest absolute Gasteiger partial charge is 0.288 e. The van der Waals surface area contributed by atoms with Crippen LogP contribution in [0.5, 0.6) is 0 Å². The van der Waals surface area contributed by atoms with Crippen LogP contribution in [0.2, 0.25) is 0 Å². The average Bonchev–Trinajstić information content (AvgIpc) is 3.50. The maximum Gasteiger partial charge on any atom is 2.00 e. The van der Waals surface area contributed by atoms with Gasteiger partial charge in [0, 0.05) is 16.5 Å². The van der Waals surface area contributed by atoms with Gasteiger partial charge in [0.1, 0.15) is 0 Å². The van der Waals surface area contributed by atoms with Gasteiger partial charge in [-0.1, -0.05) is 107 Å². The van der Waals surface area contributed by atoms with Gasteiger partial charge in [0.25, 0.3) is 0 Å². The van der Waals surface area contributed by atoms with Crippen molar-refractivity contribution < 1.29 is 17.1 Å². The van der Waals surface area contributed by atoms with E-state index in [1.165, 1.54) is 33.0 Å². The van der Waals surface area contributed by atoms with Crippen molar-refractivity contribution in [3.63, 3.8) is 0 Å². The van der Waals surface area contributed by atoms with E-state index in [9.17, 15) is 0 Å². The summed E-state index contributed by atoms with van der Waals surface area (Å²) in [4.78, 5) is 0. The summed E-state index contributed by atoms with van der Waals surface area (Å²) in [6.07, 6.45) is 13.9. The number of hydrogen-bond acceptors (Lipinski definition) is 0. The van der Waals surface area contributed by atoms with Gasteiger partial charge in [0.05, 0.1) is 0 Å². The Morgan fingerprint density at radius 2 is 1.62 bits per heavy atom. The molecule has 4 rings (SSSR count). The van der Waals surface area contributed by atoms with Gasteiger partial charge in [-0.2, -0.15) is 24.1 Å². The maximum atomic E-state index is 3.55. The van der Waals surface area contributed by atoms with Gasteiger partial charge in [0.15, 0.2) is 0 Å². The molecule has 1 aromatic carbocycles. The van der Waals surface area contributed by atoms with E-state index in [1.54, 1.807) is 0 Å². The van der Waals surface area contributed by atoms with Crippen LogP contribution in [0.3, 0.4) is 0 Å². The Balaban J connectivity index is 0.000000716. The van der Waals surface area contributed by atoms with Crippen molar-refractivity contribution in [1.29, 1.82) is 0 Å². The van der Waals surface area contributed by atoms with Crippen LogP contribution in [0, 0.1) is 31.4 Å². The standard InChI is InChI=1S/C29H36P2.C5.Fe/c1-21-15-10-12-18-25(21)30(26-19-13-11-16-22(26)2)23(3)24-17-14-20-27(24)31(28(4,5)6)29(7,8)9;1-2-4-5-3-1;/h10-13,15-16,18-19,23H,1-9H3;;/q2*-1;+2/t23-;;/m1../s1. The second kappa shape index (κ2) is 13.3. The van der Waals surface area contributed by atoms with Crippen molar-refractivity contribution in [3.8, 4) is 0 Å². The Bertz CT molecular complexity index is 1300. The fourth-order valence-electron chi connectivity index (χ4n) is 4.94. The van der Waals surface area contributed by atoms with Crippen LogP contribution < -0.4 is 5.30 Å². The van der Waals surface area contributed by atoms with Gasteiger partial charge in [0.2, 0.25) is 0 Å². The van der Waals surface area contributed by atoms with Crippen LogP contribution in [0.4, 0.5) is 0 Å². The van der Waals surface area contributed by atoms with E-state index in [0.717, 1.165) is 0 Å². The maximum absolute atomic E-state index is 3.55. The number of hydrogen-bond donors (Lipinski definition) is 0. The van der Waals surface area contributed by atoms with Crippen molar-refractivity contribution in [2.45, 2.75) is 78.3 Å². The predicted molar refractivity (Wildman–Crippen MR) is 159 cm³/mol. The largest absolute Gasteiger partial charge is 2.00 e. The first-order chi connectivity index (χ1) is 16.9. The fourth-order valence-corrected chi connectivity index (χ4v) is 12.0. The van der Waals surface area contributed by atoms with E-state index in [-0.39, 0.29) is 27.4 Å². The molecule has 1 aromatic rings. The molecule has 0 amide bonds. The van der Waals surface area contributed by atoms with E-state index < -0.39 is 15.8 Å². The molecule has 0 heterocycles. The topological polar surface area (TPSA) is 0 Å². The molecule has 0 aromatic heterocycles. The summed E-state index contributed by atoms with van der Waals surface area (Å²) in [5, 5.41) is 4.70. The summed E-state index contributed by atoms with van der Waals surface area (Å²) in [5.74, 6) is 1.37. The van der Waals surface area contributed by atoms with Gasteiger partial charge in [-0.15, -0.1) is 23.9 Å². The van der Waals surface area contributed by atoms with Crippen LogP contribution in [0.15, 0.2) is 93.1 Å². The molecule has 1 unspecified atom stereocenters. The molecule has 3 heteroatoms. The van der Waals surface area contributed by atoms with Crippen molar-refractivity contribution in [1.82, 2.24) is 0 Å². The normalized spacial score (nSPS) is 16.8. The Kier molecular flexibility index (Phi) is 11.2. The zero-order chi connectivity index (χ0) is 26.5. The van der Waals surface area contributed by atoms with Crippen molar-refractivity contribution in [2.75, 3.05) is 0 Å². The Morgan fingerprint density at radius 3 is 2.14 bits per heavy atom. The van der Waals surface area contributed by atoms with E-state index >= 15 is 0 Å². The minimum atomic E-state index is -0.578. The molecule has 3 aliphatic carbocycles. The molecule has 0 saturated heterocycles. The monoisotopic (exact) mass is 562 g/mol. The van der Waals surface area contributed by atoms with Gasteiger partial charge in [-0.05, 0) is 33.8 Å². The summed E-state index contributed by atoms with van der Waals surface area (Å²) in [7, 11) is -1.02. The molecule has 3 aliphatic rings. The average molecular weight is 562 g/mol. The molecule has 0 aliphatic heterocycles. The first kappa shape index (κ1) is 31.3. The number of aryl methyl sites for hydroxylation is 1. The Labute approximate surface area is 238 Å². The predicted octanol–water partition coefficient (Wildman–Crippen LogP) is 9.18. The second-order valence-corrected chi connectivity index (χ2v) is 17.3. The van der Waals surface area contributed by atoms with E-state index in [4.69, 9.17) is 0 Å². The third-order valence-electron chi connectivity index (χ3n) is 6.07. The Morgan fingerprint density at radius 1 is 0.946 bits per heavy atom. The van der Waals surface area contributed by atoms with E-state index in [0.29, 0.717) is 5.66 Å². The fraction of sp³-hybridized carbons (Fsp3) is 0.353. The minimum Gasteiger partial charge on any atom is -0.288 e. The molecule has 37 heavy (non-hydrogen) atoms. The van der Waals surface area contributed by atoms with Crippen molar-refractivity contribution in [3.05, 3.63) is 123 Å². The van der Waals surface area contributed by atoms with Crippen LogP contribution in [-0.4, -0.2) is 16.0 Å². The van der Waals surface area contributed by atoms with E-state index in [2.05, 4.69) is 158 Å². The zero-order valence-corrected chi connectivity index (χ0v) is 26.3. The molecule has 0 fully saturated rings. The first-order valence-electron chi connectivity index (χ1n) is 12.4. The van der Waals surface area contributed by atoms with Crippen LogP contribution in [0.25, 0.3) is 0 Å². The van der Waals surface area contributed by atoms with Crippen molar-refractivity contribution >= 4 is 21.1 Å². The zero-order valence-electron chi connectivity index (χ0n) is 23.4. The quantitative estimate of drug-likeness (QED) is 0.145. The molecule has 190 valence electrons. The molecule has 0 spiro atoms. The number of allylic oxidation sites excluding steroid dienone is 8. The molecular weight excluding hydrogens is 526 g/mol. The summed E-state index contributed by atoms with van der Waals surface area (Å²) in [5.41, 5.74) is 20.9. The van der Waals surface area contributed by atoms with Crippen LogP contribution >= 0.6 is 15.8 Å². The molecule has 2 radical (unpaired) electrons. The van der Waals surface area contributed by atoms with E-state index in [1.807, 2.05) is 0 Å². The van der Waals surface area contributed by atoms with Gasteiger partial charge in [-0.3, -0.25) is 11.5 Å². The first-order valence-corrected chi connectivity index (χ1v) is 15.1. The third-order valence-corrected chi connectivity index (χ3v) is 12.6. The number of benzene rings is 1. The van der Waals surface area contributed by atoms with Gasteiger partial charge < -0.3 is 0 Å². The Hall–Kier alpha value is -1.89. The number of rotatable bonds is 5. The van der Waals surface area contributed by atoms with Crippen LogP contribution in [0.1, 0.15) is 61.0 Å². The molecule has 2 atom stereocenters. The minimum absolute atomic E-state index is 0. The second-order valence-electron chi connectivity index (χ2n) is 11.1. The van der Waals surface area contributed by atoms with Gasteiger partial charge in [-0.25, -0.2) is 5.73 Å². The summed E-state index contributed by atoms with van der Waals surface area (Å²) < 4.78 is 0. The third kappa shape index (κ3) is 7.81. The molecule has 0 saturated carbocycles. The molecule has 0 nitrogen and oxygen atoms in total. The summed E-state index contributed by atoms with van der Waals surface area (Å²) in [6.45, 7) is 21.2. The van der Waals surface area contributed by atoms with Crippen LogP contribution in [-0.2, 0) is 17.1 Å². The van der Waals surface area contributed by atoms with Gasteiger partial charge >= 0.3 is 17.1 Å².